The van der Waals surface area contributed by atoms with Gasteiger partial charge in [-0.3, -0.25) is 0 Å². The predicted molar refractivity (Wildman–Crippen MR) is 82.0 cm³/mol. The zero-order valence-electron chi connectivity index (χ0n) is 10.8. The summed E-state index contributed by atoms with van der Waals surface area (Å²) in [5, 5.41) is 4.13. The highest BCUT2D eigenvalue weighted by Crippen LogP contribution is 2.31. The van der Waals surface area contributed by atoms with Gasteiger partial charge < -0.3 is 9.64 Å². The van der Waals surface area contributed by atoms with Crippen LogP contribution in [0, 0.1) is 6.92 Å². The molecule has 0 N–H and O–H groups in total. The van der Waals surface area contributed by atoms with E-state index < -0.39 is 0 Å². The van der Waals surface area contributed by atoms with E-state index in [-0.39, 0.29) is 6.10 Å². The number of aromatic nitrogens is 2. The summed E-state index contributed by atoms with van der Waals surface area (Å²) < 4.78 is 5.80. The summed E-state index contributed by atoms with van der Waals surface area (Å²) in [5.41, 5.74) is 1.02. The summed E-state index contributed by atoms with van der Waals surface area (Å²) in [6.07, 6.45) is 1.58. The SMILES string of the molecule is Cc1csc([C@@H]2CN(c3ncc(Cl)cc3Cl)CCO2)n1. The summed E-state index contributed by atoms with van der Waals surface area (Å²) in [6.45, 7) is 4.07. The molecule has 3 heterocycles. The Morgan fingerprint density at radius 2 is 2.30 bits per heavy atom. The molecule has 2 aromatic heterocycles. The Labute approximate surface area is 131 Å². The molecule has 0 aromatic carbocycles. The van der Waals surface area contributed by atoms with Crippen molar-refractivity contribution >= 4 is 40.4 Å². The number of anilines is 1. The van der Waals surface area contributed by atoms with E-state index in [9.17, 15) is 0 Å². The van der Waals surface area contributed by atoms with Crippen molar-refractivity contribution in [1.82, 2.24) is 9.97 Å². The smallest absolute Gasteiger partial charge is 0.147 e. The molecule has 4 nitrogen and oxygen atoms in total. The fourth-order valence-corrected chi connectivity index (χ4v) is 3.49. The largest absolute Gasteiger partial charge is 0.367 e. The summed E-state index contributed by atoms with van der Waals surface area (Å²) in [4.78, 5) is 10.9. The standard InChI is InChI=1S/C13H13Cl2N3OS/c1-8-7-20-13(17-8)11-6-18(2-3-19-11)12-10(15)4-9(14)5-16-12/h4-5,7,11H,2-3,6H2,1H3/t11-/m0/s1. The van der Waals surface area contributed by atoms with Gasteiger partial charge in [-0.15, -0.1) is 11.3 Å². The van der Waals surface area contributed by atoms with Crippen LogP contribution in [0.15, 0.2) is 17.6 Å². The van der Waals surface area contributed by atoms with Gasteiger partial charge in [0.1, 0.15) is 16.9 Å². The third-order valence-corrected chi connectivity index (χ3v) is 4.61. The van der Waals surface area contributed by atoms with Crippen LogP contribution < -0.4 is 4.90 Å². The number of pyridine rings is 1. The van der Waals surface area contributed by atoms with Gasteiger partial charge in [-0.2, -0.15) is 0 Å². The molecule has 0 radical (unpaired) electrons. The van der Waals surface area contributed by atoms with E-state index in [0.717, 1.165) is 23.1 Å². The molecule has 3 rings (SSSR count). The number of thiazole rings is 1. The van der Waals surface area contributed by atoms with Crippen LogP contribution in [-0.2, 0) is 4.74 Å². The summed E-state index contributed by atoms with van der Waals surface area (Å²) in [6, 6.07) is 1.71. The van der Waals surface area contributed by atoms with Crippen LogP contribution >= 0.6 is 34.5 Å². The molecule has 1 fully saturated rings. The Bertz CT molecular complexity index is 619. The van der Waals surface area contributed by atoms with Crippen molar-refractivity contribution < 1.29 is 4.74 Å². The Hall–Kier alpha value is -0.880. The topological polar surface area (TPSA) is 38.2 Å². The molecule has 1 aliphatic rings. The quantitative estimate of drug-likeness (QED) is 0.841. The van der Waals surface area contributed by atoms with Crippen LogP contribution in [0.2, 0.25) is 10.0 Å². The van der Waals surface area contributed by atoms with E-state index in [1.54, 1.807) is 23.6 Å². The second kappa shape index (κ2) is 5.85. The van der Waals surface area contributed by atoms with Crippen LogP contribution in [0.1, 0.15) is 16.8 Å². The van der Waals surface area contributed by atoms with Gasteiger partial charge in [-0.1, -0.05) is 23.2 Å². The Kier molecular flexibility index (Phi) is 4.12. The first-order valence-corrected chi connectivity index (χ1v) is 7.86. The second-order valence-electron chi connectivity index (χ2n) is 4.59. The minimum atomic E-state index is -0.0315. The molecule has 0 bridgehead atoms. The molecular formula is C13H13Cl2N3OS. The van der Waals surface area contributed by atoms with Gasteiger partial charge in [0.05, 0.1) is 23.2 Å². The number of rotatable bonds is 2. The normalized spacial score (nSPS) is 19.4. The molecule has 0 aliphatic carbocycles. The van der Waals surface area contributed by atoms with Crippen molar-refractivity contribution in [3.8, 4) is 0 Å². The highest BCUT2D eigenvalue weighted by Gasteiger charge is 2.26. The predicted octanol–water partition coefficient (Wildman–Crippen LogP) is 3.73. The first-order valence-electron chi connectivity index (χ1n) is 6.23. The van der Waals surface area contributed by atoms with Crippen molar-refractivity contribution in [2.24, 2.45) is 0 Å². The van der Waals surface area contributed by atoms with Crippen LogP contribution in [0.4, 0.5) is 5.82 Å². The van der Waals surface area contributed by atoms with Gasteiger partial charge in [0, 0.05) is 23.8 Å². The number of hydrogen-bond donors (Lipinski definition) is 0. The van der Waals surface area contributed by atoms with Crippen molar-refractivity contribution in [2.75, 3.05) is 24.6 Å². The molecule has 7 heteroatoms. The Balaban J connectivity index is 1.81. The lowest BCUT2D eigenvalue weighted by atomic mass is 10.2. The van der Waals surface area contributed by atoms with Crippen LogP contribution in [0.5, 0.6) is 0 Å². The molecule has 20 heavy (non-hydrogen) atoms. The lowest BCUT2D eigenvalue weighted by molar-refractivity contribution is 0.0393. The van der Waals surface area contributed by atoms with Crippen LogP contribution in [-0.4, -0.2) is 29.7 Å². The fourth-order valence-electron chi connectivity index (χ4n) is 2.15. The molecular weight excluding hydrogens is 317 g/mol. The molecule has 0 amide bonds. The number of morpholine rings is 1. The van der Waals surface area contributed by atoms with Gasteiger partial charge in [0.25, 0.3) is 0 Å². The first kappa shape index (κ1) is 14.1. The maximum Gasteiger partial charge on any atom is 0.147 e. The third kappa shape index (κ3) is 2.91. The first-order chi connectivity index (χ1) is 9.63. The minimum Gasteiger partial charge on any atom is -0.367 e. The number of halogens is 2. The highest BCUT2D eigenvalue weighted by molar-refractivity contribution is 7.09. The maximum atomic E-state index is 6.22. The lowest BCUT2D eigenvalue weighted by Crippen LogP contribution is -2.39. The Morgan fingerprint density at radius 1 is 1.45 bits per heavy atom. The molecule has 1 aliphatic heterocycles. The van der Waals surface area contributed by atoms with Gasteiger partial charge in [0.2, 0.25) is 0 Å². The number of ether oxygens (including phenoxy) is 1. The molecule has 0 saturated carbocycles. The number of aryl methyl sites for hydroxylation is 1. The minimum absolute atomic E-state index is 0.0315. The van der Waals surface area contributed by atoms with E-state index in [1.807, 2.05) is 12.3 Å². The van der Waals surface area contributed by atoms with E-state index in [1.165, 1.54) is 0 Å². The molecule has 1 saturated heterocycles. The molecule has 0 spiro atoms. The van der Waals surface area contributed by atoms with E-state index in [2.05, 4.69) is 14.9 Å². The van der Waals surface area contributed by atoms with Gasteiger partial charge in [-0.25, -0.2) is 9.97 Å². The highest BCUT2D eigenvalue weighted by atomic mass is 35.5. The van der Waals surface area contributed by atoms with Crippen molar-refractivity contribution in [2.45, 2.75) is 13.0 Å². The monoisotopic (exact) mass is 329 g/mol. The second-order valence-corrected chi connectivity index (χ2v) is 6.32. The summed E-state index contributed by atoms with van der Waals surface area (Å²) >= 11 is 13.7. The van der Waals surface area contributed by atoms with Crippen molar-refractivity contribution in [3.63, 3.8) is 0 Å². The third-order valence-electron chi connectivity index (χ3n) is 3.07. The van der Waals surface area contributed by atoms with E-state index >= 15 is 0 Å². The van der Waals surface area contributed by atoms with Gasteiger partial charge in [0.15, 0.2) is 0 Å². The maximum absolute atomic E-state index is 6.22. The van der Waals surface area contributed by atoms with Crippen molar-refractivity contribution in [1.29, 1.82) is 0 Å². The lowest BCUT2D eigenvalue weighted by Gasteiger charge is -2.33. The number of nitrogens with zero attached hydrogens (tertiary/aromatic N) is 3. The van der Waals surface area contributed by atoms with Crippen LogP contribution in [0.25, 0.3) is 0 Å². The zero-order valence-corrected chi connectivity index (χ0v) is 13.2. The molecule has 2 aromatic rings. The summed E-state index contributed by atoms with van der Waals surface area (Å²) in [7, 11) is 0. The fraction of sp³-hybridized carbons (Fsp3) is 0.385. The van der Waals surface area contributed by atoms with E-state index in [4.69, 9.17) is 27.9 Å². The molecule has 1 atom stereocenters. The summed E-state index contributed by atoms with van der Waals surface area (Å²) in [5.74, 6) is 0.748. The Morgan fingerprint density at radius 3 is 3.00 bits per heavy atom. The van der Waals surface area contributed by atoms with Crippen molar-refractivity contribution in [3.05, 3.63) is 38.4 Å². The van der Waals surface area contributed by atoms with E-state index in [0.29, 0.717) is 23.2 Å². The molecule has 106 valence electrons. The van der Waals surface area contributed by atoms with Crippen LogP contribution in [0.3, 0.4) is 0 Å². The molecule has 0 unspecified atom stereocenters. The van der Waals surface area contributed by atoms with Gasteiger partial charge >= 0.3 is 0 Å². The number of hydrogen-bond acceptors (Lipinski definition) is 5. The zero-order chi connectivity index (χ0) is 14.1. The average Bonchev–Trinajstić information content (AvgIpc) is 2.86. The van der Waals surface area contributed by atoms with Gasteiger partial charge in [-0.05, 0) is 13.0 Å². The average molecular weight is 330 g/mol.